The molecule has 0 fully saturated rings. The summed E-state index contributed by atoms with van der Waals surface area (Å²) < 4.78 is 26.5. The van der Waals surface area contributed by atoms with Gasteiger partial charge in [-0.05, 0) is 35.7 Å². The lowest BCUT2D eigenvalue weighted by molar-refractivity contribution is 0.544. The molecule has 2 aromatic carbocycles. The van der Waals surface area contributed by atoms with Gasteiger partial charge in [0.25, 0.3) is 0 Å². The molecule has 2 aromatic rings. The van der Waals surface area contributed by atoms with Gasteiger partial charge in [-0.15, -0.1) is 0 Å². The number of benzene rings is 2. The molecule has 0 bridgehead atoms. The highest BCUT2D eigenvalue weighted by Crippen LogP contribution is 2.29. The summed E-state index contributed by atoms with van der Waals surface area (Å²) in [7, 11) is 0. The van der Waals surface area contributed by atoms with Crippen molar-refractivity contribution < 1.29 is 8.78 Å². The molecule has 0 aliphatic rings. The quantitative estimate of drug-likeness (QED) is 0.660. The molecule has 0 amide bonds. The first-order chi connectivity index (χ1) is 9.52. The van der Waals surface area contributed by atoms with Crippen molar-refractivity contribution in [2.45, 2.75) is 12.5 Å². The van der Waals surface area contributed by atoms with Crippen molar-refractivity contribution in [3.05, 3.63) is 69.2 Å². The number of hydrogen-bond donors (Lipinski definition) is 2. The van der Waals surface area contributed by atoms with E-state index in [2.05, 4.69) is 5.43 Å². The van der Waals surface area contributed by atoms with Crippen molar-refractivity contribution in [3.63, 3.8) is 0 Å². The molecule has 0 aliphatic carbocycles. The molecule has 106 valence electrons. The third-order valence-electron chi connectivity index (χ3n) is 3.00. The second kappa shape index (κ2) is 6.50. The van der Waals surface area contributed by atoms with E-state index in [1.54, 1.807) is 18.2 Å². The van der Waals surface area contributed by atoms with E-state index in [0.29, 0.717) is 17.5 Å². The molecule has 0 radical (unpaired) electrons. The van der Waals surface area contributed by atoms with E-state index in [-0.39, 0.29) is 10.0 Å². The Bertz CT molecular complexity index is 620. The van der Waals surface area contributed by atoms with Crippen LogP contribution in [-0.4, -0.2) is 0 Å². The summed E-state index contributed by atoms with van der Waals surface area (Å²) in [6.07, 6.45) is 0.360. The molecule has 20 heavy (non-hydrogen) atoms. The third-order valence-corrected chi connectivity index (χ3v) is 3.75. The van der Waals surface area contributed by atoms with Gasteiger partial charge in [0.05, 0.1) is 11.1 Å². The van der Waals surface area contributed by atoms with Crippen LogP contribution in [-0.2, 0) is 6.42 Å². The fourth-order valence-electron chi connectivity index (χ4n) is 1.96. The van der Waals surface area contributed by atoms with E-state index in [0.717, 1.165) is 0 Å². The highest BCUT2D eigenvalue weighted by atomic mass is 35.5. The van der Waals surface area contributed by atoms with Crippen LogP contribution in [0, 0.1) is 11.6 Å². The number of hydrogen-bond acceptors (Lipinski definition) is 2. The average molecular weight is 317 g/mol. The monoisotopic (exact) mass is 316 g/mol. The van der Waals surface area contributed by atoms with E-state index in [4.69, 9.17) is 29.0 Å². The maximum atomic E-state index is 13.5. The lowest BCUT2D eigenvalue weighted by Crippen LogP contribution is -2.30. The Morgan fingerprint density at radius 2 is 1.90 bits per heavy atom. The van der Waals surface area contributed by atoms with Gasteiger partial charge in [-0.1, -0.05) is 41.4 Å². The molecule has 1 atom stereocenters. The van der Waals surface area contributed by atoms with E-state index in [1.165, 1.54) is 18.2 Å². The fraction of sp³-hybridized carbons (Fsp3) is 0.143. The minimum absolute atomic E-state index is 0.00804. The molecule has 2 rings (SSSR count). The van der Waals surface area contributed by atoms with Crippen molar-refractivity contribution in [2.24, 2.45) is 5.84 Å². The van der Waals surface area contributed by atoms with E-state index < -0.39 is 17.7 Å². The maximum Gasteiger partial charge on any atom is 0.142 e. The van der Waals surface area contributed by atoms with Gasteiger partial charge in [0.2, 0.25) is 0 Å². The van der Waals surface area contributed by atoms with Crippen molar-refractivity contribution in [1.82, 2.24) is 5.43 Å². The Morgan fingerprint density at radius 1 is 1.15 bits per heavy atom. The Hall–Kier alpha value is -1.20. The molecule has 0 aromatic heterocycles. The number of rotatable bonds is 4. The predicted octanol–water partition coefficient (Wildman–Crippen LogP) is 4.02. The summed E-state index contributed by atoms with van der Waals surface area (Å²) in [5.74, 6) is 4.57. The van der Waals surface area contributed by atoms with E-state index in [1.807, 2.05) is 0 Å². The summed E-state index contributed by atoms with van der Waals surface area (Å²) in [4.78, 5) is 0. The van der Waals surface area contributed by atoms with Gasteiger partial charge in [-0.3, -0.25) is 11.3 Å². The molecule has 0 aliphatic heterocycles. The second-order valence-electron chi connectivity index (χ2n) is 4.30. The molecule has 0 saturated carbocycles. The fourth-order valence-corrected chi connectivity index (χ4v) is 2.46. The first kappa shape index (κ1) is 15.2. The Kier molecular flexibility index (Phi) is 4.94. The molecule has 6 heteroatoms. The number of nitrogens with one attached hydrogen (secondary N) is 1. The Labute approximate surface area is 125 Å². The van der Waals surface area contributed by atoms with Gasteiger partial charge in [-0.25, -0.2) is 8.78 Å². The van der Waals surface area contributed by atoms with Crippen LogP contribution >= 0.6 is 23.2 Å². The number of nitrogens with two attached hydrogens (primary N) is 1. The highest BCUT2D eigenvalue weighted by molar-refractivity contribution is 6.32. The van der Waals surface area contributed by atoms with Gasteiger partial charge in [0.15, 0.2) is 0 Å². The van der Waals surface area contributed by atoms with E-state index in [9.17, 15) is 8.78 Å². The van der Waals surface area contributed by atoms with Crippen LogP contribution in [0.1, 0.15) is 17.2 Å². The topological polar surface area (TPSA) is 38.0 Å². The zero-order valence-electron chi connectivity index (χ0n) is 10.3. The number of hydrazine groups is 1. The zero-order valence-corrected chi connectivity index (χ0v) is 11.8. The maximum absolute atomic E-state index is 13.5. The van der Waals surface area contributed by atoms with Gasteiger partial charge in [-0.2, -0.15) is 0 Å². The van der Waals surface area contributed by atoms with E-state index >= 15 is 0 Å². The van der Waals surface area contributed by atoms with Crippen LogP contribution in [0.15, 0.2) is 36.4 Å². The van der Waals surface area contributed by atoms with Gasteiger partial charge in [0, 0.05) is 5.02 Å². The molecule has 3 N–H and O–H groups in total. The van der Waals surface area contributed by atoms with Crippen LogP contribution in [0.2, 0.25) is 10.0 Å². The molecule has 0 heterocycles. The minimum Gasteiger partial charge on any atom is -0.271 e. The largest absolute Gasteiger partial charge is 0.271 e. The van der Waals surface area contributed by atoms with Crippen molar-refractivity contribution >= 4 is 23.2 Å². The van der Waals surface area contributed by atoms with Crippen LogP contribution in [0.3, 0.4) is 0 Å². The van der Waals surface area contributed by atoms with Gasteiger partial charge in [0.1, 0.15) is 11.6 Å². The third kappa shape index (κ3) is 3.27. The first-order valence-corrected chi connectivity index (χ1v) is 6.62. The van der Waals surface area contributed by atoms with Gasteiger partial charge < -0.3 is 0 Å². The van der Waals surface area contributed by atoms with Crippen molar-refractivity contribution in [1.29, 1.82) is 0 Å². The zero-order chi connectivity index (χ0) is 14.7. The first-order valence-electron chi connectivity index (χ1n) is 5.87. The van der Waals surface area contributed by atoms with Gasteiger partial charge >= 0.3 is 0 Å². The summed E-state index contributed by atoms with van der Waals surface area (Å²) >= 11 is 11.9. The molecular formula is C14H12Cl2F2N2. The van der Waals surface area contributed by atoms with Crippen LogP contribution in [0.5, 0.6) is 0 Å². The van der Waals surface area contributed by atoms with Crippen LogP contribution < -0.4 is 11.3 Å². The Balaban J connectivity index is 2.31. The lowest BCUT2D eigenvalue weighted by Gasteiger charge is -2.18. The van der Waals surface area contributed by atoms with Crippen LogP contribution in [0.4, 0.5) is 8.78 Å². The minimum atomic E-state index is -0.519. The smallest absolute Gasteiger partial charge is 0.142 e. The van der Waals surface area contributed by atoms with Crippen molar-refractivity contribution in [2.75, 3.05) is 0 Å². The normalized spacial score (nSPS) is 12.4. The Morgan fingerprint density at radius 3 is 2.55 bits per heavy atom. The lowest BCUT2D eigenvalue weighted by atomic mass is 9.99. The summed E-state index contributed by atoms with van der Waals surface area (Å²) in [5, 5.41) is 0.298. The molecule has 1 unspecified atom stereocenters. The number of halogens is 4. The highest BCUT2D eigenvalue weighted by Gasteiger charge is 2.17. The molecule has 0 spiro atoms. The molecule has 2 nitrogen and oxygen atoms in total. The SMILES string of the molecule is NNC(Cc1ccc(F)cc1Cl)c1cccc(F)c1Cl. The second-order valence-corrected chi connectivity index (χ2v) is 5.09. The summed E-state index contributed by atoms with van der Waals surface area (Å²) in [6, 6.07) is 8.15. The van der Waals surface area contributed by atoms with Crippen molar-refractivity contribution in [3.8, 4) is 0 Å². The average Bonchev–Trinajstić information content (AvgIpc) is 2.42. The molecular weight excluding hydrogens is 305 g/mol. The summed E-state index contributed by atoms with van der Waals surface area (Å²) in [5.41, 5.74) is 3.79. The predicted molar refractivity (Wildman–Crippen MR) is 76.6 cm³/mol. The standard InChI is InChI=1S/C14H12Cl2F2N2/c15-11-7-9(17)5-4-8(11)6-13(20-19)10-2-1-3-12(18)14(10)16/h1-5,7,13,20H,6,19H2. The molecule has 0 saturated heterocycles. The summed E-state index contributed by atoms with van der Waals surface area (Å²) in [6.45, 7) is 0. The van der Waals surface area contributed by atoms with Crippen LogP contribution in [0.25, 0.3) is 0 Å².